The van der Waals surface area contributed by atoms with Crippen LogP contribution in [0.25, 0.3) is 0 Å². The predicted molar refractivity (Wildman–Crippen MR) is 110 cm³/mol. The number of rotatable bonds is 5. The molecule has 1 N–H and O–H groups in total. The van der Waals surface area contributed by atoms with Crippen molar-refractivity contribution < 1.29 is 13.2 Å². The molecule has 6 heteroatoms. The van der Waals surface area contributed by atoms with Crippen molar-refractivity contribution in [3.05, 3.63) is 65.2 Å². The summed E-state index contributed by atoms with van der Waals surface area (Å²) in [5.41, 5.74) is 2.30. The molecular formula is C22H28N2O3S. The Morgan fingerprint density at radius 2 is 1.71 bits per heavy atom. The van der Waals surface area contributed by atoms with Crippen molar-refractivity contribution in [1.82, 2.24) is 9.62 Å². The molecule has 0 aromatic heterocycles. The van der Waals surface area contributed by atoms with E-state index in [0.29, 0.717) is 37.4 Å². The number of piperidine rings is 1. The quantitative estimate of drug-likeness (QED) is 0.836. The monoisotopic (exact) mass is 400 g/mol. The van der Waals surface area contributed by atoms with Crippen molar-refractivity contribution in [2.75, 3.05) is 13.1 Å². The van der Waals surface area contributed by atoms with E-state index < -0.39 is 15.4 Å². The standard InChI is InChI=1S/C22H28N2O3S/c1-17-9-10-20(18(2)15-17)28(26,27)24-13-11-22(3,12-14-24)21(25)23-16-19-7-5-4-6-8-19/h4-10,15H,11-14,16H2,1-3H3,(H,23,25). The maximum atomic E-state index is 13.0. The third-order valence-corrected chi connectivity index (χ3v) is 7.68. The summed E-state index contributed by atoms with van der Waals surface area (Å²) in [6, 6.07) is 15.2. The minimum Gasteiger partial charge on any atom is -0.352 e. The van der Waals surface area contributed by atoms with Gasteiger partial charge in [0.25, 0.3) is 0 Å². The Labute approximate surface area is 167 Å². The molecule has 2 aromatic rings. The molecule has 0 atom stereocenters. The Morgan fingerprint density at radius 1 is 1.07 bits per heavy atom. The first-order valence-corrected chi connectivity index (χ1v) is 11.1. The number of amides is 1. The fourth-order valence-electron chi connectivity index (χ4n) is 3.67. The van der Waals surface area contributed by atoms with E-state index in [0.717, 1.165) is 16.7 Å². The molecule has 28 heavy (non-hydrogen) atoms. The maximum absolute atomic E-state index is 13.0. The number of aryl methyl sites for hydroxylation is 2. The molecule has 1 fully saturated rings. The van der Waals surface area contributed by atoms with E-state index in [1.165, 1.54) is 4.31 Å². The fraction of sp³-hybridized carbons (Fsp3) is 0.409. The van der Waals surface area contributed by atoms with Gasteiger partial charge in [0.1, 0.15) is 0 Å². The van der Waals surface area contributed by atoms with Gasteiger partial charge in [-0.05, 0) is 43.9 Å². The summed E-state index contributed by atoms with van der Waals surface area (Å²) in [5, 5.41) is 3.00. The molecule has 2 aromatic carbocycles. The lowest BCUT2D eigenvalue weighted by Crippen LogP contribution is -2.48. The van der Waals surface area contributed by atoms with Crippen LogP contribution in [-0.2, 0) is 21.4 Å². The van der Waals surface area contributed by atoms with Gasteiger partial charge in [-0.15, -0.1) is 0 Å². The number of nitrogens with one attached hydrogen (secondary N) is 1. The SMILES string of the molecule is Cc1ccc(S(=O)(=O)N2CCC(C)(C(=O)NCc3ccccc3)CC2)c(C)c1. The smallest absolute Gasteiger partial charge is 0.243 e. The van der Waals surface area contributed by atoms with Crippen LogP contribution >= 0.6 is 0 Å². The van der Waals surface area contributed by atoms with Crippen LogP contribution in [0.4, 0.5) is 0 Å². The molecule has 3 rings (SSSR count). The van der Waals surface area contributed by atoms with Gasteiger partial charge in [-0.3, -0.25) is 4.79 Å². The van der Waals surface area contributed by atoms with E-state index in [-0.39, 0.29) is 5.91 Å². The van der Waals surface area contributed by atoms with Crippen LogP contribution in [0.2, 0.25) is 0 Å². The predicted octanol–water partition coefficient (Wildman–Crippen LogP) is 3.41. The highest BCUT2D eigenvalue weighted by Gasteiger charge is 2.40. The van der Waals surface area contributed by atoms with Crippen molar-refractivity contribution in [3.8, 4) is 0 Å². The first-order valence-electron chi connectivity index (χ1n) is 9.62. The number of carbonyl (C=O) groups excluding carboxylic acids is 1. The van der Waals surface area contributed by atoms with Gasteiger partial charge in [-0.1, -0.05) is 55.0 Å². The van der Waals surface area contributed by atoms with Crippen molar-refractivity contribution >= 4 is 15.9 Å². The Morgan fingerprint density at radius 3 is 2.32 bits per heavy atom. The minimum atomic E-state index is -3.54. The maximum Gasteiger partial charge on any atom is 0.243 e. The highest BCUT2D eigenvalue weighted by Crippen LogP contribution is 2.34. The zero-order valence-corrected chi connectivity index (χ0v) is 17.6. The number of carbonyl (C=O) groups is 1. The van der Waals surface area contributed by atoms with E-state index in [1.54, 1.807) is 6.07 Å². The second kappa shape index (κ2) is 8.05. The van der Waals surface area contributed by atoms with Gasteiger partial charge in [0.2, 0.25) is 15.9 Å². The van der Waals surface area contributed by atoms with Crippen molar-refractivity contribution in [2.45, 2.75) is 45.1 Å². The van der Waals surface area contributed by atoms with Crippen LogP contribution < -0.4 is 5.32 Å². The van der Waals surface area contributed by atoms with Crippen LogP contribution in [0.15, 0.2) is 53.4 Å². The Balaban J connectivity index is 1.64. The van der Waals surface area contributed by atoms with E-state index >= 15 is 0 Å². The summed E-state index contributed by atoms with van der Waals surface area (Å²) in [4.78, 5) is 13.1. The van der Waals surface area contributed by atoms with Crippen molar-refractivity contribution in [3.63, 3.8) is 0 Å². The molecule has 0 unspecified atom stereocenters. The van der Waals surface area contributed by atoms with Gasteiger partial charge in [-0.25, -0.2) is 8.42 Å². The largest absolute Gasteiger partial charge is 0.352 e. The zero-order chi connectivity index (χ0) is 20.4. The normalized spacial score (nSPS) is 17.2. The third kappa shape index (κ3) is 4.28. The highest BCUT2D eigenvalue weighted by atomic mass is 32.2. The summed E-state index contributed by atoms with van der Waals surface area (Å²) >= 11 is 0. The van der Waals surface area contributed by atoms with E-state index in [1.807, 2.05) is 63.2 Å². The van der Waals surface area contributed by atoms with E-state index in [4.69, 9.17) is 0 Å². The van der Waals surface area contributed by atoms with Gasteiger partial charge < -0.3 is 5.32 Å². The van der Waals surface area contributed by atoms with Crippen molar-refractivity contribution in [2.24, 2.45) is 5.41 Å². The number of sulfonamides is 1. The van der Waals surface area contributed by atoms with Gasteiger partial charge in [0, 0.05) is 25.0 Å². The van der Waals surface area contributed by atoms with E-state index in [2.05, 4.69) is 5.32 Å². The molecule has 1 amide bonds. The second-order valence-electron chi connectivity index (χ2n) is 7.90. The van der Waals surface area contributed by atoms with Crippen LogP contribution in [0.5, 0.6) is 0 Å². The molecule has 1 aliphatic rings. The lowest BCUT2D eigenvalue weighted by Gasteiger charge is -2.37. The number of benzene rings is 2. The summed E-state index contributed by atoms with van der Waals surface area (Å²) in [6.45, 7) is 6.89. The van der Waals surface area contributed by atoms with Crippen LogP contribution in [0, 0.1) is 19.3 Å². The number of nitrogens with zero attached hydrogens (tertiary/aromatic N) is 1. The topological polar surface area (TPSA) is 66.5 Å². The first-order chi connectivity index (χ1) is 13.2. The summed E-state index contributed by atoms with van der Waals surface area (Å²) in [5.74, 6) is -0.0140. The van der Waals surface area contributed by atoms with Gasteiger partial charge in [0.15, 0.2) is 0 Å². The van der Waals surface area contributed by atoms with Crippen molar-refractivity contribution in [1.29, 1.82) is 0 Å². The average Bonchev–Trinajstić information content (AvgIpc) is 2.67. The summed E-state index contributed by atoms with van der Waals surface area (Å²) in [6.07, 6.45) is 1.02. The van der Waals surface area contributed by atoms with Crippen LogP contribution in [0.1, 0.15) is 36.5 Å². The minimum absolute atomic E-state index is 0.0140. The molecule has 1 aliphatic heterocycles. The molecule has 0 aliphatic carbocycles. The van der Waals surface area contributed by atoms with Crippen LogP contribution in [0.3, 0.4) is 0 Å². The molecule has 0 radical (unpaired) electrons. The second-order valence-corrected chi connectivity index (χ2v) is 9.81. The van der Waals surface area contributed by atoms with Crippen LogP contribution in [-0.4, -0.2) is 31.7 Å². The van der Waals surface area contributed by atoms with Gasteiger partial charge in [0.05, 0.1) is 4.90 Å². The zero-order valence-electron chi connectivity index (χ0n) is 16.7. The Bertz CT molecular complexity index is 947. The molecule has 150 valence electrons. The molecule has 1 heterocycles. The molecule has 0 spiro atoms. The molecular weight excluding hydrogens is 372 g/mol. The Kier molecular flexibility index (Phi) is 5.91. The first kappa shape index (κ1) is 20.6. The molecule has 0 saturated carbocycles. The molecule has 5 nitrogen and oxygen atoms in total. The lowest BCUT2D eigenvalue weighted by molar-refractivity contribution is -0.132. The summed E-state index contributed by atoms with van der Waals surface area (Å²) < 4.78 is 27.6. The fourth-order valence-corrected chi connectivity index (χ4v) is 5.31. The van der Waals surface area contributed by atoms with E-state index in [9.17, 15) is 13.2 Å². The highest BCUT2D eigenvalue weighted by molar-refractivity contribution is 7.89. The molecule has 1 saturated heterocycles. The van der Waals surface area contributed by atoms with Gasteiger partial charge in [-0.2, -0.15) is 4.31 Å². The summed E-state index contributed by atoms with van der Waals surface area (Å²) in [7, 11) is -3.54. The Hall–Kier alpha value is -2.18. The average molecular weight is 401 g/mol. The molecule has 0 bridgehead atoms. The lowest BCUT2D eigenvalue weighted by atomic mass is 9.80. The number of hydrogen-bond donors (Lipinski definition) is 1. The number of hydrogen-bond acceptors (Lipinski definition) is 3. The third-order valence-electron chi connectivity index (χ3n) is 5.62. The van der Waals surface area contributed by atoms with Gasteiger partial charge >= 0.3 is 0 Å².